The van der Waals surface area contributed by atoms with Gasteiger partial charge in [0, 0.05) is 49.0 Å². The third kappa shape index (κ3) is 4.06. The van der Waals surface area contributed by atoms with E-state index in [1.165, 1.54) is 16.5 Å². The van der Waals surface area contributed by atoms with Crippen LogP contribution in [0.2, 0.25) is 0 Å². The van der Waals surface area contributed by atoms with Gasteiger partial charge in [0.05, 0.1) is 45.3 Å². The van der Waals surface area contributed by atoms with Crippen molar-refractivity contribution in [2.45, 2.75) is 19.3 Å². The highest BCUT2D eigenvalue weighted by Gasteiger charge is 2.34. The summed E-state index contributed by atoms with van der Waals surface area (Å²) >= 11 is 0. The van der Waals surface area contributed by atoms with Crippen LogP contribution in [0.25, 0.3) is 99.6 Å². The molecule has 0 aliphatic heterocycles. The van der Waals surface area contributed by atoms with Crippen LogP contribution >= 0.6 is 0 Å². The molecule has 0 amide bonds. The molecule has 12 rings (SSSR count). The number of furan rings is 2. The summed E-state index contributed by atoms with van der Waals surface area (Å²) in [5.41, 5.74) is 14.0. The second kappa shape index (κ2) is 11.1. The van der Waals surface area contributed by atoms with Gasteiger partial charge in [0.25, 0.3) is 0 Å². The molecule has 1 atom stereocenters. The highest BCUT2D eigenvalue weighted by molar-refractivity contribution is 6.21. The molecule has 7 aromatic carbocycles. The van der Waals surface area contributed by atoms with Gasteiger partial charge < -0.3 is 18.0 Å². The number of hydrogen-bond acceptors (Lipinski definition) is 3. The zero-order valence-corrected chi connectivity index (χ0v) is 29.9. The third-order valence-corrected chi connectivity index (χ3v) is 11.8. The van der Waals surface area contributed by atoms with Crippen LogP contribution in [0.5, 0.6) is 0 Å². The van der Waals surface area contributed by atoms with E-state index in [0.29, 0.717) is 5.56 Å². The van der Waals surface area contributed by atoms with E-state index in [-0.39, 0.29) is 5.92 Å². The number of nitrogens with zero attached hydrogens (tertiary/aromatic N) is 3. The Hall–Kier alpha value is -7.29. The Morgan fingerprint density at radius 3 is 2.02 bits per heavy atom. The van der Waals surface area contributed by atoms with Crippen molar-refractivity contribution in [1.29, 1.82) is 5.26 Å². The van der Waals surface area contributed by atoms with Crippen molar-refractivity contribution in [3.8, 4) is 40.0 Å². The summed E-state index contributed by atoms with van der Waals surface area (Å²) in [6.45, 7) is 2.30. The first kappa shape index (κ1) is 30.2. The zero-order valence-electron chi connectivity index (χ0n) is 29.9. The molecule has 258 valence electrons. The van der Waals surface area contributed by atoms with Crippen molar-refractivity contribution in [3.05, 3.63) is 168 Å². The zero-order chi connectivity index (χ0) is 36.4. The van der Waals surface area contributed by atoms with Gasteiger partial charge in [-0.25, -0.2) is 0 Å². The maximum atomic E-state index is 10.4. The van der Waals surface area contributed by atoms with Gasteiger partial charge in [-0.1, -0.05) is 110 Å². The second-order valence-corrected chi connectivity index (χ2v) is 14.8. The SMILES string of the molecule is CC1Cc2c(n(-c3cc(C#N)ccc3-c3ccccc3-n3c4ccccc4c4ccc5c6ccccc6oc5c43)c3ccccc23)-c2oc3ccccc3c21. The van der Waals surface area contributed by atoms with Crippen LogP contribution in [0, 0.1) is 11.3 Å². The molecule has 55 heavy (non-hydrogen) atoms. The van der Waals surface area contributed by atoms with Gasteiger partial charge in [-0.05, 0) is 66.4 Å². The number of hydrogen-bond donors (Lipinski definition) is 0. The average Bonchev–Trinajstić information content (AvgIpc) is 3.99. The molecule has 0 radical (unpaired) electrons. The summed E-state index contributed by atoms with van der Waals surface area (Å²) in [5.74, 6) is 1.18. The molecule has 1 unspecified atom stereocenters. The molecule has 5 nitrogen and oxygen atoms in total. The van der Waals surface area contributed by atoms with Crippen molar-refractivity contribution < 1.29 is 8.83 Å². The van der Waals surface area contributed by atoms with Gasteiger partial charge in [-0.15, -0.1) is 0 Å². The monoisotopic (exact) mass is 705 g/mol. The average molecular weight is 706 g/mol. The van der Waals surface area contributed by atoms with Gasteiger partial charge in [-0.2, -0.15) is 5.26 Å². The van der Waals surface area contributed by atoms with Crippen LogP contribution in [0.1, 0.15) is 29.5 Å². The van der Waals surface area contributed by atoms with E-state index in [4.69, 9.17) is 8.83 Å². The van der Waals surface area contributed by atoms with Crippen molar-refractivity contribution in [2.24, 2.45) is 0 Å². The number of fused-ring (bicyclic) bond motifs is 14. The molecule has 4 aromatic heterocycles. The first-order valence-electron chi connectivity index (χ1n) is 18.8. The highest BCUT2D eigenvalue weighted by atomic mass is 16.3. The predicted octanol–water partition coefficient (Wildman–Crippen LogP) is 13.2. The maximum Gasteiger partial charge on any atom is 0.160 e. The molecule has 0 spiro atoms. The fourth-order valence-electron chi connectivity index (χ4n) is 9.53. The van der Waals surface area contributed by atoms with Crippen molar-refractivity contribution >= 4 is 65.6 Å². The molecule has 0 fully saturated rings. The quantitative estimate of drug-likeness (QED) is 0.184. The summed E-state index contributed by atoms with van der Waals surface area (Å²) in [6, 6.07) is 55.5. The minimum atomic E-state index is 0.279. The minimum Gasteiger partial charge on any atom is -0.454 e. The largest absolute Gasteiger partial charge is 0.454 e. The first-order valence-corrected chi connectivity index (χ1v) is 18.8. The second-order valence-electron chi connectivity index (χ2n) is 14.8. The van der Waals surface area contributed by atoms with Gasteiger partial charge in [0.2, 0.25) is 0 Å². The summed E-state index contributed by atoms with van der Waals surface area (Å²) in [5, 5.41) is 17.2. The maximum absolute atomic E-state index is 10.4. The fourth-order valence-corrected chi connectivity index (χ4v) is 9.53. The van der Waals surface area contributed by atoms with E-state index in [9.17, 15) is 5.26 Å². The summed E-state index contributed by atoms with van der Waals surface area (Å²) < 4.78 is 18.3. The van der Waals surface area contributed by atoms with Crippen LogP contribution in [-0.4, -0.2) is 9.13 Å². The van der Waals surface area contributed by atoms with E-state index in [1.807, 2.05) is 30.3 Å². The van der Waals surface area contributed by atoms with E-state index in [2.05, 4.69) is 143 Å². The smallest absolute Gasteiger partial charge is 0.160 e. The number of rotatable bonds is 3. The molecule has 1 aliphatic carbocycles. The molecule has 5 heteroatoms. The van der Waals surface area contributed by atoms with Gasteiger partial charge >= 0.3 is 0 Å². The lowest BCUT2D eigenvalue weighted by atomic mass is 9.84. The van der Waals surface area contributed by atoms with Crippen LogP contribution < -0.4 is 0 Å². The molecular formula is C50H31N3O2. The molecular weight excluding hydrogens is 675 g/mol. The standard InChI is InChI=1S/C50H31N3O2/c1-29-26-39-33-14-4-9-19-42(33)53(48(39)50-46(29)38-16-6-11-21-45(38)55-50)43-27-30(28-51)22-23-34(43)31-12-2-7-17-40(31)52-41-18-8-3-13-32(41)36-24-25-37-35-15-5-10-20-44(35)54-49(37)47(36)52/h2-25,27,29H,26H2,1H3. The first-order chi connectivity index (χ1) is 27.2. The number of benzene rings is 7. The van der Waals surface area contributed by atoms with Crippen LogP contribution in [-0.2, 0) is 6.42 Å². The van der Waals surface area contributed by atoms with Crippen LogP contribution in [0.3, 0.4) is 0 Å². The Balaban J connectivity index is 1.20. The molecule has 4 heterocycles. The Morgan fingerprint density at radius 1 is 0.564 bits per heavy atom. The van der Waals surface area contributed by atoms with Gasteiger partial charge in [0.1, 0.15) is 11.2 Å². The Labute approximate surface area is 315 Å². The Bertz CT molecular complexity index is 3450. The number of nitriles is 1. The normalized spacial score (nSPS) is 14.0. The Kier molecular flexibility index (Phi) is 6.10. The van der Waals surface area contributed by atoms with Gasteiger partial charge in [-0.3, -0.25) is 0 Å². The lowest BCUT2D eigenvalue weighted by Gasteiger charge is -2.23. The lowest BCUT2D eigenvalue weighted by Crippen LogP contribution is -2.09. The molecule has 0 saturated carbocycles. The number of para-hydroxylation sites is 5. The Morgan fingerprint density at radius 2 is 1.20 bits per heavy atom. The number of aromatic nitrogens is 2. The minimum absolute atomic E-state index is 0.279. The molecule has 0 N–H and O–H groups in total. The molecule has 11 aromatic rings. The summed E-state index contributed by atoms with van der Waals surface area (Å²) in [7, 11) is 0. The predicted molar refractivity (Wildman–Crippen MR) is 222 cm³/mol. The van der Waals surface area contributed by atoms with Gasteiger partial charge in [0.15, 0.2) is 11.3 Å². The van der Waals surface area contributed by atoms with E-state index >= 15 is 0 Å². The molecule has 0 bridgehead atoms. The van der Waals surface area contributed by atoms with Crippen molar-refractivity contribution in [1.82, 2.24) is 9.13 Å². The van der Waals surface area contributed by atoms with E-state index < -0.39 is 0 Å². The summed E-state index contributed by atoms with van der Waals surface area (Å²) in [6.07, 6.45) is 0.887. The summed E-state index contributed by atoms with van der Waals surface area (Å²) in [4.78, 5) is 0. The van der Waals surface area contributed by atoms with E-state index in [1.54, 1.807) is 0 Å². The van der Waals surface area contributed by atoms with Crippen molar-refractivity contribution in [2.75, 3.05) is 0 Å². The van der Waals surface area contributed by atoms with Crippen LogP contribution in [0.15, 0.2) is 160 Å². The van der Waals surface area contributed by atoms with E-state index in [0.717, 1.165) is 101 Å². The lowest BCUT2D eigenvalue weighted by molar-refractivity contribution is 0.604. The third-order valence-electron chi connectivity index (χ3n) is 11.8. The van der Waals surface area contributed by atoms with Crippen LogP contribution in [0.4, 0.5) is 0 Å². The molecule has 0 saturated heterocycles. The fraction of sp³-hybridized carbons (Fsp3) is 0.0600. The van der Waals surface area contributed by atoms with Crippen molar-refractivity contribution in [3.63, 3.8) is 0 Å². The highest BCUT2D eigenvalue weighted by Crippen LogP contribution is 2.51. The topological polar surface area (TPSA) is 59.9 Å². The molecule has 1 aliphatic rings.